The Labute approximate surface area is 110 Å². The van der Waals surface area contributed by atoms with E-state index >= 15 is 0 Å². The number of carbonyl (C=O) groups is 1. The molecule has 2 fully saturated rings. The smallest absolute Gasteiger partial charge is 0.248 e. The van der Waals surface area contributed by atoms with Crippen molar-refractivity contribution >= 4 is 5.91 Å². The van der Waals surface area contributed by atoms with Crippen molar-refractivity contribution in [3.8, 4) is 0 Å². The second-order valence-corrected chi connectivity index (χ2v) is 5.84. The summed E-state index contributed by atoms with van der Waals surface area (Å²) in [6, 6.07) is 0.380. The molecule has 2 heterocycles. The molecule has 18 heavy (non-hydrogen) atoms. The van der Waals surface area contributed by atoms with Crippen molar-refractivity contribution < 1.29 is 9.53 Å². The van der Waals surface area contributed by atoms with Gasteiger partial charge in [0.2, 0.25) is 5.91 Å². The monoisotopic (exact) mass is 254 g/mol. The fraction of sp³-hybridized carbons (Fsp3) is 0.929. The van der Waals surface area contributed by atoms with E-state index in [-0.39, 0.29) is 18.6 Å². The van der Waals surface area contributed by atoms with Gasteiger partial charge in [-0.25, -0.2) is 0 Å². The Bertz CT molecular complexity index is 277. The minimum atomic E-state index is 0.174. The van der Waals surface area contributed by atoms with Crippen LogP contribution >= 0.6 is 0 Å². The largest absolute Gasteiger partial charge is 0.368 e. The number of nitrogens with one attached hydrogen (secondary N) is 1. The molecule has 104 valence electrons. The molecular weight excluding hydrogens is 228 g/mol. The van der Waals surface area contributed by atoms with Gasteiger partial charge < -0.3 is 15.0 Å². The third-order valence-electron chi connectivity index (χ3n) is 4.17. The van der Waals surface area contributed by atoms with Crippen LogP contribution in [0.3, 0.4) is 0 Å². The number of nitrogens with zero attached hydrogens (tertiary/aromatic N) is 1. The van der Waals surface area contributed by atoms with E-state index in [1.54, 1.807) is 0 Å². The maximum absolute atomic E-state index is 12.2. The first-order valence-corrected chi connectivity index (χ1v) is 7.28. The average Bonchev–Trinajstić information content (AvgIpc) is 2.40. The highest BCUT2D eigenvalue weighted by Crippen LogP contribution is 2.21. The highest BCUT2D eigenvalue weighted by Gasteiger charge is 2.27. The average molecular weight is 254 g/mol. The summed E-state index contributed by atoms with van der Waals surface area (Å²) in [6.45, 7) is 7.55. The van der Waals surface area contributed by atoms with Crippen LogP contribution in [0.4, 0.5) is 0 Å². The van der Waals surface area contributed by atoms with Gasteiger partial charge in [-0.15, -0.1) is 0 Å². The molecule has 0 aromatic heterocycles. The van der Waals surface area contributed by atoms with Crippen LogP contribution in [0.2, 0.25) is 0 Å². The Morgan fingerprint density at radius 2 is 1.94 bits per heavy atom. The van der Waals surface area contributed by atoms with Crippen molar-refractivity contribution in [3.05, 3.63) is 0 Å². The van der Waals surface area contributed by atoms with Crippen LogP contribution < -0.4 is 5.32 Å². The summed E-state index contributed by atoms with van der Waals surface area (Å²) in [7, 11) is 0. The van der Waals surface area contributed by atoms with Gasteiger partial charge in [-0.1, -0.05) is 6.92 Å². The highest BCUT2D eigenvalue weighted by atomic mass is 16.5. The number of carbonyl (C=O) groups excluding carboxylic acids is 1. The molecule has 0 spiro atoms. The molecule has 2 aliphatic heterocycles. The number of hydrogen-bond donors (Lipinski definition) is 1. The van der Waals surface area contributed by atoms with Crippen LogP contribution in [0.1, 0.15) is 39.5 Å². The van der Waals surface area contributed by atoms with Crippen molar-refractivity contribution in [1.82, 2.24) is 10.2 Å². The molecule has 2 rings (SSSR count). The normalized spacial score (nSPS) is 30.4. The maximum Gasteiger partial charge on any atom is 0.248 e. The van der Waals surface area contributed by atoms with Crippen molar-refractivity contribution in [1.29, 1.82) is 0 Å². The lowest BCUT2D eigenvalue weighted by atomic mass is 9.95. The van der Waals surface area contributed by atoms with Crippen LogP contribution in [0.25, 0.3) is 0 Å². The summed E-state index contributed by atoms with van der Waals surface area (Å²) in [5.41, 5.74) is 0. The predicted octanol–water partition coefficient (Wildman–Crippen LogP) is 1.40. The minimum Gasteiger partial charge on any atom is -0.368 e. The first-order chi connectivity index (χ1) is 8.66. The molecule has 0 saturated carbocycles. The lowest BCUT2D eigenvalue weighted by molar-refractivity contribution is -0.143. The zero-order chi connectivity index (χ0) is 13.0. The van der Waals surface area contributed by atoms with E-state index < -0.39 is 0 Å². The Kier molecular flexibility index (Phi) is 5.01. The summed E-state index contributed by atoms with van der Waals surface area (Å²) < 4.78 is 5.75. The van der Waals surface area contributed by atoms with E-state index in [1.165, 1.54) is 6.42 Å². The second kappa shape index (κ2) is 6.53. The van der Waals surface area contributed by atoms with Gasteiger partial charge in [0.1, 0.15) is 6.61 Å². The van der Waals surface area contributed by atoms with E-state index in [0.29, 0.717) is 12.0 Å². The van der Waals surface area contributed by atoms with E-state index in [2.05, 4.69) is 19.2 Å². The van der Waals surface area contributed by atoms with Crippen molar-refractivity contribution in [2.24, 2.45) is 5.92 Å². The van der Waals surface area contributed by atoms with Gasteiger partial charge in [0, 0.05) is 12.6 Å². The zero-order valence-corrected chi connectivity index (χ0v) is 11.7. The summed E-state index contributed by atoms with van der Waals surface area (Å²) in [5, 5.41) is 3.30. The fourth-order valence-corrected chi connectivity index (χ4v) is 2.87. The van der Waals surface area contributed by atoms with E-state index in [0.717, 1.165) is 38.9 Å². The van der Waals surface area contributed by atoms with Crippen LogP contribution in [0.5, 0.6) is 0 Å². The Morgan fingerprint density at radius 1 is 1.22 bits per heavy atom. The van der Waals surface area contributed by atoms with Crippen molar-refractivity contribution in [2.75, 3.05) is 26.2 Å². The Morgan fingerprint density at radius 3 is 2.67 bits per heavy atom. The van der Waals surface area contributed by atoms with Crippen LogP contribution in [-0.4, -0.2) is 49.2 Å². The third kappa shape index (κ3) is 3.69. The van der Waals surface area contributed by atoms with Gasteiger partial charge in [-0.05, 0) is 51.6 Å². The van der Waals surface area contributed by atoms with Gasteiger partial charge in [0.05, 0.1) is 6.10 Å². The van der Waals surface area contributed by atoms with Gasteiger partial charge in [-0.3, -0.25) is 4.79 Å². The molecule has 1 N–H and O–H groups in total. The number of likely N-dealkylation sites (tertiary alicyclic amines) is 1. The molecule has 0 aromatic rings. The molecular formula is C14H26N2O2. The first-order valence-electron chi connectivity index (χ1n) is 7.28. The molecule has 1 amide bonds. The molecule has 2 aliphatic rings. The molecule has 0 radical (unpaired) electrons. The first kappa shape index (κ1) is 13.8. The zero-order valence-electron chi connectivity index (χ0n) is 11.7. The van der Waals surface area contributed by atoms with E-state index in [9.17, 15) is 4.79 Å². The van der Waals surface area contributed by atoms with Gasteiger partial charge in [-0.2, -0.15) is 0 Å². The second-order valence-electron chi connectivity index (χ2n) is 5.84. The summed E-state index contributed by atoms with van der Waals surface area (Å²) in [4.78, 5) is 14.2. The predicted molar refractivity (Wildman–Crippen MR) is 71.4 cm³/mol. The number of rotatable bonds is 3. The molecule has 2 unspecified atom stereocenters. The number of amides is 1. The van der Waals surface area contributed by atoms with Crippen molar-refractivity contribution in [2.45, 2.75) is 51.7 Å². The lowest BCUT2D eigenvalue weighted by Gasteiger charge is -2.37. The van der Waals surface area contributed by atoms with Crippen LogP contribution in [0.15, 0.2) is 0 Å². The standard InChI is InChI=1S/C14H26N2O2/c1-11-3-4-12(2)16(9-11)14(17)10-18-13-5-7-15-8-6-13/h11-13,15H,3-10H2,1-2H3. The quantitative estimate of drug-likeness (QED) is 0.828. The van der Waals surface area contributed by atoms with E-state index in [4.69, 9.17) is 4.74 Å². The van der Waals surface area contributed by atoms with Gasteiger partial charge in [0.15, 0.2) is 0 Å². The third-order valence-corrected chi connectivity index (χ3v) is 4.17. The van der Waals surface area contributed by atoms with Gasteiger partial charge >= 0.3 is 0 Å². The van der Waals surface area contributed by atoms with Crippen LogP contribution in [-0.2, 0) is 9.53 Å². The molecule has 4 heteroatoms. The minimum absolute atomic E-state index is 0.174. The molecule has 2 atom stereocenters. The van der Waals surface area contributed by atoms with Crippen LogP contribution in [0, 0.1) is 5.92 Å². The topological polar surface area (TPSA) is 41.6 Å². The molecule has 2 saturated heterocycles. The number of piperidine rings is 2. The SMILES string of the molecule is CC1CCC(C)N(C(=O)COC2CCNCC2)C1. The highest BCUT2D eigenvalue weighted by molar-refractivity contribution is 5.77. The number of ether oxygens (including phenoxy) is 1. The van der Waals surface area contributed by atoms with Gasteiger partial charge in [0.25, 0.3) is 0 Å². The molecule has 0 aliphatic carbocycles. The summed E-state index contributed by atoms with van der Waals surface area (Å²) in [5.74, 6) is 0.802. The summed E-state index contributed by atoms with van der Waals surface area (Å²) in [6.07, 6.45) is 4.69. The van der Waals surface area contributed by atoms with Crippen molar-refractivity contribution in [3.63, 3.8) is 0 Å². The Hall–Kier alpha value is -0.610. The molecule has 0 aromatic carbocycles. The number of hydrogen-bond acceptors (Lipinski definition) is 3. The summed E-state index contributed by atoms with van der Waals surface area (Å²) >= 11 is 0. The van der Waals surface area contributed by atoms with E-state index in [1.807, 2.05) is 4.90 Å². The Balaban J connectivity index is 1.75. The fourth-order valence-electron chi connectivity index (χ4n) is 2.87. The maximum atomic E-state index is 12.2. The molecule has 0 bridgehead atoms. The lowest BCUT2D eigenvalue weighted by Crippen LogP contribution is -2.47. The molecule has 4 nitrogen and oxygen atoms in total.